The zero-order valence-corrected chi connectivity index (χ0v) is 9.92. The average Bonchev–Trinajstić information content (AvgIpc) is 2.25. The van der Waals surface area contributed by atoms with Gasteiger partial charge in [0.1, 0.15) is 5.75 Å². The van der Waals surface area contributed by atoms with E-state index >= 15 is 0 Å². The molecule has 0 bridgehead atoms. The first-order valence-corrected chi connectivity index (χ1v) is 5.52. The highest BCUT2D eigenvalue weighted by atomic mass is 35.5. The zero-order valence-electron chi connectivity index (χ0n) is 9.16. The van der Waals surface area contributed by atoms with Gasteiger partial charge in [-0.15, -0.1) is 11.6 Å². The second kappa shape index (κ2) is 5.99. The zero-order chi connectivity index (χ0) is 11.3. The van der Waals surface area contributed by atoms with Gasteiger partial charge in [0.15, 0.2) is 0 Å². The maximum Gasteiger partial charge on any atom is 0.121 e. The summed E-state index contributed by atoms with van der Waals surface area (Å²) in [5.41, 5.74) is 2.17. The van der Waals surface area contributed by atoms with E-state index in [1.165, 1.54) is 0 Å². The van der Waals surface area contributed by atoms with Crippen LogP contribution in [0.1, 0.15) is 29.3 Å². The van der Waals surface area contributed by atoms with Gasteiger partial charge in [-0.1, -0.05) is 12.1 Å². The van der Waals surface area contributed by atoms with Crippen LogP contribution in [0.4, 0.5) is 0 Å². The normalized spacial score (nSPS) is 12.5. The van der Waals surface area contributed by atoms with Crippen LogP contribution < -0.4 is 4.74 Å². The van der Waals surface area contributed by atoms with Crippen molar-refractivity contribution in [2.75, 3.05) is 13.7 Å². The number of aliphatic hydroxyl groups excluding tert-OH is 1. The number of ether oxygens (including phenoxy) is 1. The molecule has 0 saturated carbocycles. The van der Waals surface area contributed by atoms with Crippen LogP contribution in [0.2, 0.25) is 0 Å². The van der Waals surface area contributed by atoms with Gasteiger partial charge in [0.2, 0.25) is 0 Å². The Kier molecular flexibility index (Phi) is 4.92. The van der Waals surface area contributed by atoms with E-state index in [9.17, 15) is 0 Å². The Hall–Kier alpha value is -0.730. The van der Waals surface area contributed by atoms with Gasteiger partial charge in [-0.2, -0.15) is 0 Å². The van der Waals surface area contributed by atoms with E-state index in [0.717, 1.165) is 29.7 Å². The predicted molar refractivity (Wildman–Crippen MR) is 62.6 cm³/mol. The molecule has 3 heteroatoms. The standard InChI is InChI=1S/C12H17ClO2/c1-9-8-10(5-6-12(9)15-2)11(13)4-3-7-14/h5-6,8,11,14H,3-4,7H2,1-2H3. The van der Waals surface area contributed by atoms with E-state index in [2.05, 4.69) is 0 Å². The topological polar surface area (TPSA) is 29.5 Å². The fourth-order valence-electron chi connectivity index (χ4n) is 1.53. The maximum absolute atomic E-state index is 8.72. The van der Waals surface area contributed by atoms with E-state index in [4.69, 9.17) is 21.4 Å². The van der Waals surface area contributed by atoms with Gasteiger partial charge in [-0.05, 0) is 37.0 Å². The van der Waals surface area contributed by atoms with Crippen LogP contribution in [-0.2, 0) is 0 Å². The maximum atomic E-state index is 8.72. The number of alkyl halides is 1. The Balaban J connectivity index is 2.73. The molecule has 0 fully saturated rings. The summed E-state index contributed by atoms with van der Waals surface area (Å²) in [4.78, 5) is 0. The molecule has 1 atom stereocenters. The fourth-order valence-corrected chi connectivity index (χ4v) is 1.82. The molecule has 15 heavy (non-hydrogen) atoms. The Labute approximate surface area is 95.8 Å². The van der Waals surface area contributed by atoms with E-state index in [1.54, 1.807) is 7.11 Å². The molecule has 0 aliphatic rings. The Morgan fingerprint density at radius 1 is 1.47 bits per heavy atom. The van der Waals surface area contributed by atoms with Crippen LogP contribution in [0.3, 0.4) is 0 Å². The molecule has 1 aromatic rings. The molecule has 0 radical (unpaired) electrons. The minimum Gasteiger partial charge on any atom is -0.496 e. The number of benzene rings is 1. The van der Waals surface area contributed by atoms with Crippen molar-refractivity contribution in [2.45, 2.75) is 25.1 Å². The summed E-state index contributed by atoms with van der Waals surface area (Å²) in [6.07, 6.45) is 1.53. The molecule has 1 N–H and O–H groups in total. The van der Waals surface area contributed by atoms with Crippen molar-refractivity contribution in [3.8, 4) is 5.75 Å². The number of hydrogen-bond acceptors (Lipinski definition) is 2. The van der Waals surface area contributed by atoms with Crippen LogP contribution in [0.15, 0.2) is 18.2 Å². The molecular formula is C12H17ClO2. The summed E-state index contributed by atoms with van der Waals surface area (Å²) >= 11 is 6.20. The summed E-state index contributed by atoms with van der Waals surface area (Å²) in [6.45, 7) is 2.19. The molecule has 1 rings (SSSR count). The van der Waals surface area contributed by atoms with Crippen molar-refractivity contribution in [1.29, 1.82) is 0 Å². The number of hydrogen-bond donors (Lipinski definition) is 1. The second-order valence-electron chi connectivity index (χ2n) is 3.56. The van der Waals surface area contributed by atoms with E-state index in [-0.39, 0.29) is 12.0 Å². The summed E-state index contributed by atoms with van der Waals surface area (Å²) < 4.78 is 5.18. The van der Waals surface area contributed by atoms with Crippen molar-refractivity contribution in [2.24, 2.45) is 0 Å². The van der Waals surface area contributed by atoms with Crippen molar-refractivity contribution < 1.29 is 9.84 Å². The van der Waals surface area contributed by atoms with Crippen molar-refractivity contribution in [3.63, 3.8) is 0 Å². The molecule has 0 aliphatic heterocycles. The lowest BCUT2D eigenvalue weighted by Gasteiger charge is -2.11. The van der Waals surface area contributed by atoms with Crippen LogP contribution in [0.5, 0.6) is 5.75 Å². The summed E-state index contributed by atoms with van der Waals surface area (Å²) in [7, 11) is 1.66. The number of halogens is 1. The highest BCUT2D eigenvalue weighted by molar-refractivity contribution is 6.20. The van der Waals surface area contributed by atoms with Gasteiger partial charge in [0.25, 0.3) is 0 Å². The lowest BCUT2D eigenvalue weighted by atomic mass is 10.0. The smallest absolute Gasteiger partial charge is 0.121 e. The molecule has 0 aliphatic carbocycles. The molecule has 0 amide bonds. The van der Waals surface area contributed by atoms with Crippen molar-refractivity contribution >= 4 is 11.6 Å². The number of aliphatic hydroxyl groups is 1. The molecule has 0 aromatic heterocycles. The third-order valence-electron chi connectivity index (χ3n) is 2.40. The van der Waals surface area contributed by atoms with Crippen LogP contribution >= 0.6 is 11.6 Å². The Morgan fingerprint density at radius 3 is 2.73 bits per heavy atom. The monoisotopic (exact) mass is 228 g/mol. The average molecular weight is 229 g/mol. The first-order valence-electron chi connectivity index (χ1n) is 5.08. The largest absolute Gasteiger partial charge is 0.496 e. The van der Waals surface area contributed by atoms with Gasteiger partial charge in [0.05, 0.1) is 12.5 Å². The number of methoxy groups -OCH3 is 1. The van der Waals surface area contributed by atoms with E-state index in [1.807, 2.05) is 25.1 Å². The molecule has 2 nitrogen and oxygen atoms in total. The molecule has 0 spiro atoms. The summed E-state index contributed by atoms with van der Waals surface area (Å²) in [5, 5.41) is 8.69. The van der Waals surface area contributed by atoms with E-state index in [0.29, 0.717) is 0 Å². The minimum atomic E-state index is -0.0262. The number of aryl methyl sites for hydroxylation is 1. The fraction of sp³-hybridized carbons (Fsp3) is 0.500. The lowest BCUT2D eigenvalue weighted by Crippen LogP contribution is -1.95. The van der Waals surface area contributed by atoms with Gasteiger partial charge < -0.3 is 9.84 Å². The van der Waals surface area contributed by atoms with E-state index < -0.39 is 0 Å². The van der Waals surface area contributed by atoms with Crippen LogP contribution in [0.25, 0.3) is 0 Å². The first kappa shape index (κ1) is 12.3. The van der Waals surface area contributed by atoms with Crippen LogP contribution in [-0.4, -0.2) is 18.8 Å². The highest BCUT2D eigenvalue weighted by Crippen LogP contribution is 2.29. The molecule has 1 aromatic carbocycles. The SMILES string of the molecule is COc1ccc(C(Cl)CCCO)cc1C. The number of rotatable bonds is 5. The van der Waals surface area contributed by atoms with Crippen molar-refractivity contribution in [1.82, 2.24) is 0 Å². The molecular weight excluding hydrogens is 212 g/mol. The first-order chi connectivity index (χ1) is 7.19. The second-order valence-corrected chi connectivity index (χ2v) is 4.09. The molecule has 84 valence electrons. The minimum absolute atomic E-state index is 0.0262. The van der Waals surface area contributed by atoms with Gasteiger partial charge >= 0.3 is 0 Å². The lowest BCUT2D eigenvalue weighted by molar-refractivity contribution is 0.284. The van der Waals surface area contributed by atoms with Gasteiger partial charge in [0, 0.05) is 6.61 Å². The van der Waals surface area contributed by atoms with Crippen LogP contribution in [0, 0.1) is 6.92 Å². The Morgan fingerprint density at radius 2 is 2.20 bits per heavy atom. The molecule has 1 unspecified atom stereocenters. The van der Waals surface area contributed by atoms with Gasteiger partial charge in [-0.3, -0.25) is 0 Å². The molecule has 0 heterocycles. The third kappa shape index (κ3) is 3.40. The predicted octanol–water partition coefficient (Wildman–Crippen LogP) is 3.06. The Bertz CT molecular complexity index is 312. The summed E-state index contributed by atoms with van der Waals surface area (Å²) in [6, 6.07) is 5.94. The summed E-state index contributed by atoms with van der Waals surface area (Å²) in [5.74, 6) is 0.879. The van der Waals surface area contributed by atoms with Crippen molar-refractivity contribution in [3.05, 3.63) is 29.3 Å². The molecule has 0 saturated heterocycles. The van der Waals surface area contributed by atoms with Gasteiger partial charge in [-0.25, -0.2) is 0 Å². The quantitative estimate of drug-likeness (QED) is 0.785. The third-order valence-corrected chi connectivity index (χ3v) is 2.87. The highest BCUT2D eigenvalue weighted by Gasteiger charge is 2.09.